The highest BCUT2D eigenvalue weighted by Crippen LogP contribution is 2.27. The van der Waals surface area contributed by atoms with Gasteiger partial charge in [-0.3, -0.25) is 9.36 Å². The van der Waals surface area contributed by atoms with Crippen LogP contribution in [0.25, 0.3) is 21.6 Å². The van der Waals surface area contributed by atoms with E-state index >= 15 is 0 Å². The average Bonchev–Trinajstić information content (AvgIpc) is 2.69. The van der Waals surface area contributed by atoms with Gasteiger partial charge in [0.2, 0.25) is 5.69 Å². The lowest BCUT2D eigenvalue weighted by atomic mass is 10.2. The van der Waals surface area contributed by atoms with Crippen molar-refractivity contribution in [3.8, 4) is 5.69 Å². The first kappa shape index (κ1) is 16.6. The van der Waals surface area contributed by atoms with Crippen molar-refractivity contribution in [1.29, 1.82) is 0 Å². The van der Waals surface area contributed by atoms with Crippen LogP contribution in [-0.4, -0.2) is 9.55 Å². The minimum atomic E-state index is -0.173. The maximum atomic E-state index is 12.8. The average molecular weight is 352 g/mol. The zero-order valence-corrected chi connectivity index (χ0v) is 14.7. The van der Waals surface area contributed by atoms with Crippen molar-refractivity contribution in [2.45, 2.75) is 6.92 Å². The lowest BCUT2D eigenvalue weighted by molar-refractivity contribution is 1.06. The largest absolute Gasteiger partial charge is 0.341 e. The fourth-order valence-electron chi connectivity index (χ4n) is 3.03. The van der Waals surface area contributed by atoms with Crippen molar-refractivity contribution in [3.05, 3.63) is 100 Å². The SMILES string of the molecule is [C-]#[N+]c1cc2c(=O)cc(Nc3ccccc3)n(-c3ccccc3)c2nc1C. The van der Waals surface area contributed by atoms with E-state index in [2.05, 4.69) is 15.1 Å². The van der Waals surface area contributed by atoms with Gasteiger partial charge in [0.25, 0.3) is 0 Å². The van der Waals surface area contributed by atoms with Gasteiger partial charge in [0.1, 0.15) is 11.5 Å². The molecule has 2 aromatic heterocycles. The first-order valence-corrected chi connectivity index (χ1v) is 8.50. The van der Waals surface area contributed by atoms with Crippen molar-refractivity contribution < 1.29 is 0 Å². The molecule has 130 valence electrons. The zero-order valence-electron chi connectivity index (χ0n) is 14.7. The van der Waals surface area contributed by atoms with E-state index in [1.807, 2.05) is 65.2 Å². The van der Waals surface area contributed by atoms with Crippen LogP contribution in [0.5, 0.6) is 0 Å². The molecule has 1 N–H and O–H groups in total. The number of aryl methyl sites for hydroxylation is 1. The van der Waals surface area contributed by atoms with Gasteiger partial charge in [-0.2, -0.15) is 0 Å². The molecule has 0 unspecified atom stereocenters. The number of rotatable bonds is 3. The first-order chi connectivity index (χ1) is 13.2. The lowest BCUT2D eigenvalue weighted by Gasteiger charge is -2.18. The molecule has 27 heavy (non-hydrogen) atoms. The standard InChI is InChI=1S/C22H16N4O/c1-15-19(23-2)13-18-20(27)14-21(25-16-9-5-3-6-10-16)26(22(18)24-15)17-11-7-4-8-12-17/h3-14,25H,1H3. The van der Waals surface area contributed by atoms with Crippen molar-refractivity contribution >= 4 is 28.2 Å². The summed E-state index contributed by atoms with van der Waals surface area (Å²) in [6, 6.07) is 22.6. The Hall–Kier alpha value is -3.91. The third kappa shape index (κ3) is 3.05. The number of nitrogens with zero attached hydrogens (tertiary/aromatic N) is 3. The van der Waals surface area contributed by atoms with Gasteiger partial charge in [-0.05, 0) is 37.3 Å². The Morgan fingerprint density at radius 3 is 2.33 bits per heavy atom. The summed E-state index contributed by atoms with van der Waals surface area (Å²) in [5.74, 6) is 0.618. The summed E-state index contributed by atoms with van der Waals surface area (Å²) in [6.07, 6.45) is 0. The molecule has 0 atom stereocenters. The molecule has 0 aliphatic rings. The summed E-state index contributed by atoms with van der Waals surface area (Å²) in [7, 11) is 0. The Morgan fingerprint density at radius 1 is 1.00 bits per heavy atom. The molecule has 5 heteroatoms. The molecule has 0 bridgehead atoms. The van der Waals surface area contributed by atoms with Crippen LogP contribution in [0.15, 0.2) is 77.6 Å². The van der Waals surface area contributed by atoms with Gasteiger partial charge in [-0.15, -0.1) is 0 Å². The second-order valence-corrected chi connectivity index (χ2v) is 6.13. The summed E-state index contributed by atoms with van der Waals surface area (Å²) >= 11 is 0. The summed E-state index contributed by atoms with van der Waals surface area (Å²) in [5.41, 5.74) is 3.09. The van der Waals surface area contributed by atoms with Crippen LogP contribution in [-0.2, 0) is 0 Å². The van der Waals surface area contributed by atoms with Gasteiger partial charge in [0.05, 0.1) is 12.0 Å². The second-order valence-electron chi connectivity index (χ2n) is 6.13. The van der Waals surface area contributed by atoms with E-state index in [0.717, 1.165) is 11.4 Å². The molecular formula is C22H16N4O. The molecular weight excluding hydrogens is 336 g/mol. The van der Waals surface area contributed by atoms with Crippen molar-refractivity contribution in [2.75, 3.05) is 5.32 Å². The second kappa shape index (κ2) is 6.77. The minimum Gasteiger partial charge on any atom is -0.341 e. The van der Waals surface area contributed by atoms with E-state index in [1.165, 1.54) is 0 Å². The van der Waals surface area contributed by atoms with E-state index in [4.69, 9.17) is 6.57 Å². The molecule has 2 aromatic carbocycles. The van der Waals surface area contributed by atoms with Crippen LogP contribution in [0.2, 0.25) is 0 Å². The quantitative estimate of drug-likeness (QED) is 0.529. The number of fused-ring (bicyclic) bond motifs is 1. The Bertz CT molecular complexity index is 1220. The molecule has 0 saturated carbocycles. The van der Waals surface area contributed by atoms with Crippen LogP contribution in [0.4, 0.5) is 17.2 Å². The highest BCUT2D eigenvalue weighted by molar-refractivity contribution is 5.84. The number of nitrogens with one attached hydrogen (secondary N) is 1. The van der Waals surface area contributed by atoms with Gasteiger partial charge < -0.3 is 5.32 Å². The van der Waals surface area contributed by atoms with Crippen molar-refractivity contribution in [2.24, 2.45) is 0 Å². The molecule has 4 rings (SSSR count). The Balaban J connectivity index is 2.05. The predicted octanol–water partition coefficient (Wildman–Crippen LogP) is 4.99. The number of anilines is 2. The molecule has 4 aromatic rings. The smallest absolute Gasteiger partial charge is 0.208 e. The Kier molecular flexibility index (Phi) is 4.15. The van der Waals surface area contributed by atoms with E-state index < -0.39 is 0 Å². The highest BCUT2D eigenvalue weighted by Gasteiger charge is 2.14. The third-order valence-electron chi connectivity index (χ3n) is 4.33. The molecule has 0 saturated heterocycles. The zero-order chi connectivity index (χ0) is 18.8. The van der Waals surface area contributed by atoms with Gasteiger partial charge in [-0.1, -0.05) is 36.4 Å². The molecule has 0 aliphatic carbocycles. The maximum Gasteiger partial charge on any atom is 0.208 e. The monoisotopic (exact) mass is 352 g/mol. The van der Waals surface area contributed by atoms with Gasteiger partial charge in [0.15, 0.2) is 5.43 Å². The van der Waals surface area contributed by atoms with Crippen LogP contribution < -0.4 is 10.7 Å². The summed E-state index contributed by atoms with van der Waals surface area (Å²) < 4.78 is 1.91. The van der Waals surface area contributed by atoms with Crippen molar-refractivity contribution in [3.63, 3.8) is 0 Å². The number of para-hydroxylation sites is 2. The van der Waals surface area contributed by atoms with Gasteiger partial charge >= 0.3 is 0 Å². The molecule has 5 nitrogen and oxygen atoms in total. The summed E-state index contributed by atoms with van der Waals surface area (Å²) in [6.45, 7) is 9.08. The Labute approximate surface area is 156 Å². The summed E-state index contributed by atoms with van der Waals surface area (Å²) in [5, 5.41) is 3.74. The number of hydrogen-bond donors (Lipinski definition) is 1. The first-order valence-electron chi connectivity index (χ1n) is 8.50. The number of benzene rings is 2. The third-order valence-corrected chi connectivity index (χ3v) is 4.33. The molecule has 0 fully saturated rings. The molecule has 0 spiro atoms. The van der Waals surface area contributed by atoms with Gasteiger partial charge in [-0.25, -0.2) is 9.83 Å². The van der Waals surface area contributed by atoms with Crippen LogP contribution >= 0.6 is 0 Å². The van der Waals surface area contributed by atoms with E-state index in [1.54, 1.807) is 19.1 Å². The lowest BCUT2D eigenvalue weighted by Crippen LogP contribution is -2.14. The van der Waals surface area contributed by atoms with E-state index in [0.29, 0.717) is 28.2 Å². The van der Waals surface area contributed by atoms with Crippen LogP contribution in [0, 0.1) is 13.5 Å². The highest BCUT2D eigenvalue weighted by atomic mass is 16.1. The number of aromatic nitrogens is 2. The molecule has 0 amide bonds. The van der Waals surface area contributed by atoms with Crippen molar-refractivity contribution in [1.82, 2.24) is 9.55 Å². The fourth-order valence-corrected chi connectivity index (χ4v) is 3.03. The van der Waals surface area contributed by atoms with Crippen LogP contribution in [0.1, 0.15) is 5.69 Å². The number of hydrogen-bond acceptors (Lipinski definition) is 3. The van der Waals surface area contributed by atoms with E-state index in [9.17, 15) is 4.79 Å². The minimum absolute atomic E-state index is 0.173. The predicted molar refractivity (Wildman–Crippen MR) is 108 cm³/mol. The van der Waals surface area contributed by atoms with Crippen LogP contribution in [0.3, 0.4) is 0 Å². The molecule has 2 heterocycles. The number of pyridine rings is 2. The maximum absolute atomic E-state index is 12.8. The normalized spacial score (nSPS) is 10.5. The molecule has 0 aliphatic heterocycles. The topological polar surface area (TPSA) is 51.3 Å². The fraction of sp³-hybridized carbons (Fsp3) is 0.0455. The molecule has 0 radical (unpaired) electrons. The summed E-state index contributed by atoms with van der Waals surface area (Å²) in [4.78, 5) is 20.8. The Morgan fingerprint density at radius 2 is 1.67 bits per heavy atom. The van der Waals surface area contributed by atoms with Gasteiger partial charge in [0, 0.05) is 23.1 Å². The van der Waals surface area contributed by atoms with E-state index in [-0.39, 0.29) is 5.43 Å².